The Hall–Kier alpha value is -1.37. The Morgan fingerprint density at radius 1 is 1.21 bits per heavy atom. The molecular formula is C16H22N2O. The molecule has 0 atom stereocenters. The maximum absolute atomic E-state index is 9.06. The Bertz CT molecular complexity index is 429. The number of aryl methyl sites for hydroxylation is 1. The van der Waals surface area contributed by atoms with E-state index >= 15 is 0 Å². The van der Waals surface area contributed by atoms with E-state index < -0.39 is 0 Å². The molecule has 0 radical (unpaired) electrons. The molecule has 0 amide bonds. The normalized spacial score (nSPS) is 16.6. The van der Waals surface area contributed by atoms with Crippen molar-refractivity contribution in [1.29, 1.82) is 5.26 Å². The van der Waals surface area contributed by atoms with Gasteiger partial charge >= 0.3 is 0 Å². The number of hydrogen-bond donors (Lipinski definition) is 1. The van der Waals surface area contributed by atoms with E-state index in [-0.39, 0.29) is 5.41 Å². The number of nitriles is 1. The Morgan fingerprint density at radius 3 is 2.32 bits per heavy atom. The molecule has 1 aliphatic heterocycles. The molecule has 0 aromatic heterocycles. The van der Waals surface area contributed by atoms with Crippen LogP contribution in [0.2, 0.25) is 0 Å². The van der Waals surface area contributed by atoms with E-state index in [0.717, 1.165) is 25.9 Å². The fourth-order valence-corrected chi connectivity index (χ4v) is 2.28. The maximum Gasteiger partial charge on any atom is 0.116 e. The van der Waals surface area contributed by atoms with Gasteiger partial charge in [0.1, 0.15) is 5.41 Å². The van der Waals surface area contributed by atoms with Crippen LogP contribution in [0.15, 0.2) is 24.3 Å². The summed E-state index contributed by atoms with van der Waals surface area (Å²) in [5.74, 6) is 0. The lowest BCUT2D eigenvalue weighted by Crippen LogP contribution is -2.48. The summed E-state index contributed by atoms with van der Waals surface area (Å²) in [6.45, 7) is 4.99. The molecule has 3 nitrogen and oxygen atoms in total. The molecule has 1 heterocycles. The molecule has 1 aromatic carbocycles. The van der Waals surface area contributed by atoms with Crippen molar-refractivity contribution in [1.82, 2.24) is 5.32 Å². The van der Waals surface area contributed by atoms with Gasteiger partial charge in [0.2, 0.25) is 0 Å². The molecule has 3 heteroatoms. The van der Waals surface area contributed by atoms with Crippen molar-refractivity contribution in [2.45, 2.75) is 26.2 Å². The van der Waals surface area contributed by atoms with Crippen LogP contribution in [0, 0.1) is 16.7 Å². The molecule has 1 aromatic rings. The van der Waals surface area contributed by atoms with Crippen LogP contribution in [0.25, 0.3) is 0 Å². The molecule has 1 N–H and O–H groups in total. The summed E-state index contributed by atoms with van der Waals surface area (Å²) in [4.78, 5) is 0. The van der Waals surface area contributed by atoms with Gasteiger partial charge in [0.25, 0.3) is 0 Å². The molecule has 0 bridgehead atoms. The lowest BCUT2D eigenvalue weighted by molar-refractivity contribution is -0.0752. The van der Waals surface area contributed by atoms with Gasteiger partial charge in [0, 0.05) is 6.54 Å². The first-order valence-corrected chi connectivity index (χ1v) is 7.05. The van der Waals surface area contributed by atoms with Crippen LogP contribution < -0.4 is 5.32 Å². The zero-order valence-electron chi connectivity index (χ0n) is 11.6. The molecule has 0 unspecified atom stereocenters. The average molecular weight is 258 g/mol. The Kier molecular flexibility index (Phi) is 4.95. The van der Waals surface area contributed by atoms with Crippen LogP contribution in [-0.2, 0) is 17.6 Å². The first-order valence-electron chi connectivity index (χ1n) is 7.05. The van der Waals surface area contributed by atoms with Crippen LogP contribution in [0.5, 0.6) is 0 Å². The van der Waals surface area contributed by atoms with E-state index in [9.17, 15) is 0 Å². The maximum atomic E-state index is 9.06. The molecule has 1 aliphatic rings. The monoisotopic (exact) mass is 258 g/mol. The number of hydrogen-bond acceptors (Lipinski definition) is 3. The fourth-order valence-electron chi connectivity index (χ4n) is 2.28. The van der Waals surface area contributed by atoms with Gasteiger partial charge < -0.3 is 10.1 Å². The van der Waals surface area contributed by atoms with Gasteiger partial charge in [-0.3, -0.25) is 0 Å². The fraction of sp³-hybridized carbons (Fsp3) is 0.562. The van der Waals surface area contributed by atoms with Gasteiger partial charge in [-0.25, -0.2) is 0 Å². The minimum absolute atomic E-state index is 0.273. The zero-order chi connectivity index (χ0) is 13.6. The highest BCUT2D eigenvalue weighted by Gasteiger charge is 2.38. The first kappa shape index (κ1) is 14.0. The van der Waals surface area contributed by atoms with Crippen molar-refractivity contribution in [2.75, 3.05) is 26.3 Å². The second kappa shape index (κ2) is 6.70. The summed E-state index contributed by atoms with van der Waals surface area (Å²) in [7, 11) is 0. The van der Waals surface area contributed by atoms with Crippen LogP contribution in [0.3, 0.4) is 0 Å². The van der Waals surface area contributed by atoms with Crippen LogP contribution in [0.4, 0.5) is 0 Å². The van der Waals surface area contributed by atoms with E-state index in [1.54, 1.807) is 0 Å². The highest BCUT2D eigenvalue weighted by molar-refractivity contribution is 5.22. The van der Waals surface area contributed by atoms with Crippen molar-refractivity contribution < 1.29 is 4.74 Å². The Labute approximate surface area is 115 Å². The summed E-state index contributed by atoms with van der Waals surface area (Å²) in [6.07, 6.45) is 3.36. The Balaban J connectivity index is 1.69. The predicted octanol–water partition coefficient (Wildman–Crippen LogP) is 2.31. The van der Waals surface area contributed by atoms with Gasteiger partial charge in [-0.05, 0) is 30.5 Å². The van der Waals surface area contributed by atoms with Crippen molar-refractivity contribution in [2.24, 2.45) is 5.41 Å². The van der Waals surface area contributed by atoms with Gasteiger partial charge in [-0.2, -0.15) is 5.26 Å². The van der Waals surface area contributed by atoms with Crippen molar-refractivity contribution in [3.63, 3.8) is 0 Å². The zero-order valence-corrected chi connectivity index (χ0v) is 11.6. The number of rotatable bonds is 7. The largest absolute Gasteiger partial charge is 0.378 e. The third kappa shape index (κ3) is 3.79. The second-order valence-electron chi connectivity index (χ2n) is 5.38. The number of ether oxygens (including phenoxy) is 1. The van der Waals surface area contributed by atoms with Crippen molar-refractivity contribution >= 4 is 0 Å². The minimum atomic E-state index is -0.273. The van der Waals surface area contributed by atoms with E-state index in [4.69, 9.17) is 10.00 Å². The third-order valence-electron chi connectivity index (χ3n) is 3.61. The van der Waals surface area contributed by atoms with E-state index in [2.05, 4.69) is 42.6 Å². The predicted molar refractivity (Wildman–Crippen MR) is 75.9 cm³/mol. The van der Waals surface area contributed by atoms with Crippen LogP contribution in [0.1, 0.15) is 24.5 Å². The van der Waals surface area contributed by atoms with Crippen LogP contribution in [-0.4, -0.2) is 26.3 Å². The summed E-state index contributed by atoms with van der Waals surface area (Å²) in [6, 6.07) is 11.2. The summed E-state index contributed by atoms with van der Waals surface area (Å²) in [5.41, 5.74) is 2.49. The smallest absolute Gasteiger partial charge is 0.116 e. The van der Waals surface area contributed by atoms with Gasteiger partial charge in [-0.15, -0.1) is 0 Å². The van der Waals surface area contributed by atoms with E-state index in [1.807, 2.05) is 0 Å². The average Bonchev–Trinajstić information content (AvgIpc) is 2.39. The second-order valence-corrected chi connectivity index (χ2v) is 5.38. The summed E-state index contributed by atoms with van der Waals surface area (Å²) >= 11 is 0. The molecule has 0 aliphatic carbocycles. The summed E-state index contributed by atoms with van der Waals surface area (Å²) in [5, 5.41) is 12.4. The highest BCUT2D eigenvalue weighted by Crippen LogP contribution is 2.25. The topological polar surface area (TPSA) is 45.0 Å². The lowest BCUT2D eigenvalue weighted by atomic mass is 9.88. The van der Waals surface area contributed by atoms with Gasteiger partial charge in [0.15, 0.2) is 0 Å². The number of nitrogens with one attached hydrogen (secondary N) is 1. The third-order valence-corrected chi connectivity index (χ3v) is 3.61. The Morgan fingerprint density at radius 2 is 1.84 bits per heavy atom. The first-order chi connectivity index (χ1) is 9.28. The summed E-state index contributed by atoms with van der Waals surface area (Å²) < 4.78 is 5.12. The van der Waals surface area contributed by atoms with Crippen molar-refractivity contribution in [3.05, 3.63) is 35.4 Å². The molecular weight excluding hydrogens is 236 g/mol. The van der Waals surface area contributed by atoms with E-state index in [1.165, 1.54) is 17.5 Å². The van der Waals surface area contributed by atoms with E-state index in [0.29, 0.717) is 13.2 Å². The quantitative estimate of drug-likeness (QED) is 0.763. The molecule has 0 saturated carbocycles. The van der Waals surface area contributed by atoms with Crippen molar-refractivity contribution in [3.8, 4) is 6.07 Å². The standard InChI is InChI=1S/C16H22N2O/c1-2-3-14-4-6-15(7-5-14)8-9-18-11-16(10-17)12-19-13-16/h4-7,18H,2-3,8-9,11-13H2,1H3. The molecule has 1 saturated heterocycles. The highest BCUT2D eigenvalue weighted by atomic mass is 16.5. The molecule has 2 rings (SSSR count). The van der Waals surface area contributed by atoms with Gasteiger partial charge in [0.05, 0.1) is 19.3 Å². The SMILES string of the molecule is CCCc1ccc(CCNCC2(C#N)COC2)cc1. The lowest BCUT2D eigenvalue weighted by Gasteiger charge is -2.35. The minimum Gasteiger partial charge on any atom is -0.378 e. The molecule has 19 heavy (non-hydrogen) atoms. The van der Waals surface area contributed by atoms with Gasteiger partial charge in [-0.1, -0.05) is 37.6 Å². The van der Waals surface area contributed by atoms with Crippen LogP contribution >= 0.6 is 0 Å². The molecule has 1 fully saturated rings. The number of benzene rings is 1. The molecule has 102 valence electrons. The molecule has 0 spiro atoms. The number of nitrogens with zero attached hydrogens (tertiary/aromatic N) is 1.